The zero-order valence-electron chi connectivity index (χ0n) is 21.5. The number of benzene rings is 2. The molecular weight excluding hydrogens is 513 g/mol. The summed E-state index contributed by atoms with van der Waals surface area (Å²) in [7, 11) is -4.67. The fourth-order valence-corrected chi connectivity index (χ4v) is 5.35. The van der Waals surface area contributed by atoms with Gasteiger partial charge in [-0.25, -0.2) is 9.59 Å². The predicted molar refractivity (Wildman–Crippen MR) is 141 cm³/mol. The normalized spacial score (nSPS) is 15.1. The molecule has 0 aliphatic rings. The molecule has 2 aromatic rings. The summed E-state index contributed by atoms with van der Waals surface area (Å²) in [4.78, 5) is 48.1. The molecule has 2 amide bonds. The lowest BCUT2D eigenvalue weighted by atomic mass is 10.1. The minimum Gasteiger partial charge on any atom is -0.479 e. The molecule has 0 radical (unpaired) electrons. The molecule has 0 aliphatic carbocycles. The van der Waals surface area contributed by atoms with Gasteiger partial charge in [0.05, 0.1) is 0 Å². The summed E-state index contributed by atoms with van der Waals surface area (Å²) in [6.07, 6.45) is -2.14. The van der Waals surface area contributed by atoms with Crippen molar-refractivity contribution in [1.82, 2.24) is 10.6 Å². The van der Waals surface area contributed by atoms with E-state index in [0.29, 0.717) is 0 Å². The minimum absolute atomic E-state index is 0.0139. The Kier molecular flexibility index (Phi) is 12.4. The number of nitrogens with one attached hydrogen (secondary N) is 2. The molecule has 0 saturated heterocycles. The SMILES string of the molecule is CC(C)C(NC(=O)C(Cc1ccccc1)NC(=O)OCc1ccccc1)P(=O)(O)OC(CCCN)C(=O)O. The maximum atomic E-state index is 13.3. The fraction of sp³-hybridized carbons (Fsp3) is 0.423. The maximum absolute atomic E-state index is 13.3. The third kappa shape index (κ3) is 10.3. The fourth-order valence-electron chi connectivity index (χ4n) is 3.61. The average molecular weight is 550 g/mol. The van der Waals surface area contributed by atoms with Crippen LogP contribution in [0, 0.1) is 5.92 Å². The van der Waals surface area contributed by atoms with Crippen LogP contribution in [0.2, 0.25) is 0 Å². The molecule has 11 nitrogen and oxygen atoms in total. The second kappa shape index (κ2) is 15.2. The highest BCUT2D eigenvalue weighted by Crippen LogP contribution is 2.50. The number of carbonyl (C=O) groups excluding carboxylic acids is 2. The molecule has 2 rings (SSSR count). The van der Waals surface area contributed by atoms with Crippen molar-refractivity contribution in [3.8, 4) is 0 Å². The number of alkyl carbamates (subject to hydrolysis) is 1. The van der Waals surface area contributed by atoms with Crippen molar-refractivity contribution in [1.29, 1.82) is 0 Å². The molecule has 4 unspecified atom stereocenters. The van der Waals surface area contributed by atoms with E-state index in [9.17, 15) is 28.9 Å². The summed E-state index contributed by atoms with van der Waals surface area (Å²) in [6.45, 7) is 3.33. The number of aliphatic carboxylic acids is 1. The average Bonchev–Trinajstić information content (AvgIpc) is 2.88. The Morgan fingerprint density at radius 1 is 0.974 bits per heavy atom. The highest BCUT2D eigenvalue weighted by Gasteiger charge is 2.41. The van der Waals surface area contributed by atoms with Crippen LogP contribution in [0.25, 0.3) is 0 Å². The van der Waals surface area contributed by atoms with Gasteiger partial charge in [0.15, 0.2) is 6.10 Å². The van der Waals surface area contributed by atoms with Crippen LogP contribution >= 0.6 is 7.60 Å². The van der Waals surface area contributed by atoms with Gasteiger partial charge >= 0.3 is 19.7 Å². The van der Waals surface area contributed by atoms with Crippen LogP contribution in [0.3, 0.4) is 0 Å². The van der Waals surface area contributed by atoms with Gasteiger partial charge < -0.3 is 31.1 Å². The van der Waals surface area contributed by atoms with Crippen molar-refractivity contribution >= 4 is 25.6 Å². The number of nitrogens with two attached hydrogens (primary N) is 1. The number of carboxylic acid groups (broad SMARTS) is 1. The molecule has 4 atom stereocenters. The van der Waals surface area contributed by atoms with Crippen molar-refractivity contribution in [3.63, 3.8) is 0 Å². The summed E-state index contributed by atoms with van der Waals surface area (Å²) in [5.41, 5.74) is 6.91. The first-order chi connectivity index (χ1) is 18.0. The molecule has 208 valence electrons. The highest BCUT2D eigenvalue weighted by molar-refractivity contribution is 7.53. The molecular formula is C26H36N3O8P. The molecule has 0 saturated carbocycles. The largest absolute Gasteiger partial charge is 0.479 e. The van der Waals surface area contributed by atoms with E-state index in [1.807, 2.05) is 6.07 Å². The standard InChI is InChI=1S/C26H36N3O8P/c1-18(2)24(38(34,35)37-22(25(31)32)14-9-15-27)29-23(30)21(16-19-10-5-3-6-11-19)28-26(33)36-17-20-12-7-4-8-13-20/h3-8,10-13,18,21-22,24H,9,14-17,27H2,1-2H3,(H,28,33)(H,29,30)(H,31,32)(H,34,35). The van der Waals surface area contributed by atoms with Gasteiger partial charge in [-0.15, -0.1) is 0 Å². The van der Waals surface area contributed by atoms with Gasteiger partial charge in [0.2, 0.25) is 5.91 Å². The second-order valence-corrected chi connectivity index (χ2v) is 11.0. The van der Waals surface area contributed by atoms with E-state index in [1.165, 1.54) is 0 Å². The van der Waals surface area contributed by atoms with Crippen molar-refractivity contribution in [2.24, 2.45) is 11.7 Å². The monoisotopic (exact) mass is 549 g/mol. The summed E-state index contributed by atoms with van der Waals surface area (Å²) < 4.78 is 23.5. The Morgan fingerprint density at radius 2 is 1.55 bits per heavy atom. The van der Waals surface area contributed by atoms with Gasteiger partial charge in [0.1, 0.15) is 18.4 Å². The highest BCUT2D eigenvalue weighted by atomic mass is 31.2. The van der Waals surface area contributed by atoms with Crippen LogP contribution in [-0.2, 0) is 36.4 Å². The van der Waals surface area contributed by atoms with Crippen LogP contribution < -0.4 is 16.4 Å². The molecule has 38 heavy (non-hydrogen) atoms. The van der Waals surface area contributed by atoms with Crippen molar-refractivity contribution in [3.05, 3.63) is 71.8 Å². The number of hydrogen-bond donors (Lipinski definition) is 5. The Bertz CT molecular complexity index is 1080. The van der Waals surface area contributed by atoms with Crippen LogP contribution in [0.15, 0.2) is 60.7 Å². The van der Waals surface area contributed by atoms with Crippen LogP contribution in [-0.4, -0.2) is 52.4 Å². The van der Waals surface area contributed by atoms with Gasteiger partial charge in [-0.3, -0.25) is 13.9 Å². The molecule has 2 aromatic carbocycles. The van der Waals surface area contributed by atoms with Gasteiger partial charge in [0, 0.05) is 6.42 Å². The lowest BCUT2D eigenvalue weighted by Crippen LogP contribution is -2.52. The Morgan fingerprint density at radius 3 is 2.08 bits per heavy atom. The van der Waals surface area contributed by atoms with Gasteiger partial charge in [-0.05, 0) is 36.4 Å². The lowest BCUT2D eigenvalue weighted by Gasteiger charge is -2.30. The summed E-state index contributed by atoms with van der Waals surface area (Å²) in [5, 5.41) is 14.4. The number of ether oxygens (including phenoxy) is 1. The van der Waals surface area contributed by atoms with Gasteiger partial charge in [-0.1, -0.05) is 74.5 Å². The second-order valence-electron chi connectivity index (χ2n) is 9.07. The maximum Gasteiger partial charge on any atom is 0.408 e. The van der Waals surface area contributed by atoms with E-state index in [2.05, 4.69) is 10.6 Å². The van der Waals surface area contributed by atoms with E-state index >= 15 is 0 Å². The minimum atomic E-state index is -4.67. The molecule has 0 fully saturated rings. The summed E-state index contributed by atoms with van der Waals surface area (Å²) in [5.74, 6) is -4.21. The first kappa shape index (κ1) is 31.0. The Hall–Kier alpha value is -3.24. The molecule has 12 heteroatoms. The molecule has 6 N–H and O–H groups in total. The number of hydrogen-bond acceptors (Lipinski definition) is 7. The molecule has 0 bridgehead atoms. The number of amides is 2. The quantitative estimate of drug-likeness (QED) is 0.209. The molecule has 0 spiro atoms. The zero-order chi connectivity index (χ0) is 28.1. The molecule has 0 heterocycles. The Balaban J connectivity index is 2.18. The van der Waals surface area contributed by atoms with Gasteiger partial charge in [0.25, 0.3) is 0 Å². The number of carbonyl (C=O) groups is 3. The predicted octanol–water partition coefficient (Wildman–Crippen LogP) is 3.02. The third-order valence-electron chi connectivity index (χ3n) is 5.60. The topological polar surface area (TPSA) is 177 Å². The van der Waals surface area contributed by atoms with E-state index in [1.54, 1.807) is 68.4 Å². The number of rotatable bonds is 15. The van der Waals surface area contributed by atoms with Gasteiger partial charge in [-0.2, -0.15) is 0 Å². The van der Waals surface area contributed by atoms with Crippen molar-refractivity contribution < 1.29 is 38.2 Å². The smallest absolute Gasteiger partial charge is 0.408 e. The van der Waals surface area contributed by atoms with Crippen LogP contribution in [0.5, 0.6) is 0 Å². The van der Waals surface area contributed by atoms with E-state index < -0.39 is 49.4 Å². The number of carboxylic acids is 1. The summed E-state index contributed by atoms with van der Waals surface area (Å²) in [6, 6.07) is 16.7. The zero-order valence-corrected chi connectivity index (χ0v) is 22.4. The lowest BCUT2D eigenvalue weighted by molar-refractivity contribution is -0.145. The van der Waals surface area contributed by atoms with Crippen molar-refractivity contribution in [2.45, 2.75) is 57.6 Å². The first-order valence-corrected chi connectivity index (χ1v) is 13.9. The van der Waals surface area contributed by atoms with E-state index in [-0.39, 0.29) is 32.4 Å². The van der Waals surface area contributed by atoms with E-state index in [0.717, 1.165) is 11.1 Å². The molecule has 0 aromatic heterocycles. The van der Waals surface area contributed by atoms with Crippen molar-refractivity contribution in [2.75, 3.05) is 6.54 Å². The van der Waals surface area contributed by atoms with E-state index in [4.69, 9.17) is 15.0 Å². The van der Waals surface area contributed by atoms with Crippen LogP contribution in [0.1, 0.15) is 37.8 Å². The Labute approximate surface area is 222 Å². The molecule has 0 aliphatic heterocycles. The van der Waals surface area contributed by atoms with Crippen LogP contribution in [0.4, 0.5) is 4.79 Å². The third-order valence-corrected chi connectivity index (χ3v) is 7.59. The first-order valence-electron chi connectivity index (χ1n) is 12.3. The summed E-state index contributed by atoms with van der Waals surface area (Å²) >= 11 is 0.